The molecule has 0 radical (unpaired) electrons. The zero-order chi connectivity index (χ0) is 27.9. The van der Waals surface area contributed by atoms with Gasteiger partial charge in [0, 0.05) is 36.2 Å². The Balaban J connectivity index is 1.50. The van der Waals surface area contributed by atoms with Gasteiger partial charge >= 0.3 is 0 Å². The number of halogens is 7. The van der Waals surface area contributed by atoms with Crippen molar-refractivity contribution in [2.45, 2.75) is 23.6 Å². The second-order valence-corrected chi connectivity index (χ2v) is 11.7. The van der Waals surface area contributed by atoms with Crippen molar-refractivity contribution >= 4 is 98.6 Å². The van der Waals surface area contributed by atoms with Crippen LogP contribution >= 0.6 is 69.6 Å². The predicted molar refractivity (Wildman–Crippen MR) is 151 cm³/mol. The van der Waals surface area contributed by atoms with Crippen molar-refractivity contribution in [1.82, 2.24) is 0 Å². The molecule has 1 aliphatic rings. The number of carbonyl (C=O) groups excluding carboxylic acids is 3. The Bertz CT molecular complexity index is 1460. The van der Waals surface area contributed by atoms with E-state index in [0.29, 0.717) is 5.56 Å². The highest BCUT2D eigenvalue weighted by Crippen LogP contribution is 2.65. The van der Waals surface area contributed by atoms with E-state index in [1.807, 2.05) is 0 Å². The van der Waals surface area contributed by atoms with Crippen LogP contribution < -0.4 is 10.6 Å². The number of rotatable bonds is 7. The van der Waals surface area contributed by atoms with E-state index in [-0.39, 0.29) is 54.9 Å². The molecule has 0 aliphatic heterocycles. The molecule has 2 amide bonds. The highest BCUT2D eigenvalue weighted by atomic mass is 35.5. The van der Waals surface area contributed by atoms with Gasteiger partial charge in [0.15, 0.2) is 5.78 Å². The highest BCUT2D eigenvalue weighted by molar-refractivity contribution is 6.54. The van der Waals surface area contributed by atoms with E-state index in [9.17, 15) is 18.8 Å². The molecule has 4 rings (SSSR count). The van der Waals surface area contributed by atoms with E-state index >= 15 is 0 Å². The normalized spacial score (nSPS) is 17.6. The maximum absolute atomic E-state index is 14.5. The number of Topliss-reactive ketones (excluding diaryl/α,β-unsaturated/α-hetero) is 1. The average Bonchev–Trinajstić information content (AvgIpc) is 3.41. The Hall–Kier alpha value is -2.06. The number of amides is 2. The molecule has 3 aromatic carbocycles. The minimum Gasteiger partial charge on any atom is -0.326 e. The van der Waals surface area contributed by atoms with Crippen LogP contribution in [0, 0.1) is 11.7 Å². The molecule has 38 heavy (non-hydrogen) atoms. The van der Waals surface area contributed by atoms with Crippen LogP contribution in [0.15, 0.2) is 48.5 Å². The second kappa shape index (κ2) is 11.2. The Morgan fingerprint density at radius 1 is 0.868 bits per heavy atom. The summed E-state index contributed by atoms with van der Waals surface area (Å²) in [6.45, 7) is 1.30. The van der Waals surface area contributed by atoms with Gasteiger partial charge in [-0.1, -0.05) is 52.5 Å². The fourth-order valence-corrected chi connectivity index (χ4v) is 5.76. The van der Waals surface area contributed by atoms with Crippen molar-refractivity contribution < 1.29 is 18.8 Å². The van der Waals surface area contributed by atoms with Crippen molar-refractivity contribution in [2.75, 3.05) is 10.6 Å². The minimum absolute atomic E-state index is 0.0847. The summed E-state index contributed by atoms with van der Waals surface area (Å²) >= 11 is 37.3. The first kappa shape index (κ1) is 28.9. The molecule has 12 heteroatoms. The van der Waals surface area contributed by atoms with Gasteiger partial charge in [-0.3, -0.25) is 14.4 Å². The van der Waals surface area contributed by atoms with Gasteiger partial charge in [0.2, 0.25) is 11.8 Å². The summed E-state index contributed by atoms with van der Waals surface area (Å²) in [5.41, 5.74) is 1.29. The molecule has 0 saturated heterocycles. The number of anilines is 2. The fraction of sp³-hybridized carbons (Fsp3) is 0.192. The number of ketones is 1. The lowest BCUT2D eigenvalue weighted by molar-refractivity contribution is -0.117. The third-order valence-corrected chi connectivity index (χ3v) is 8.43. The quantitative estimate of drug-likeness (QED) is 0.155. The molecule has 2 N–H and O–H groups in total. The van der Waals surface area contributed by atoms with Crippen LogP contribution in [0.3, 0.4) is 0 Å². The standard InChI is InChI=1S/C26H17Cl6FN2O3/c1-11(36)34-15-3-2-12(20(33)10-15)8-21(37)16-9-14(4-5-17(16)27)35-25(38)23-22(26(23,31)32)13-6-18(28)24(30)19(29)7-13/h2-7,9-10,22-23H,8H2,1H3,(H,34,36)(H,35,38). The number of hydrogen-bond acceptors (Lipinski definition) is 3. The van der Waals surface area contributed by atoms with Crippen molar-refractivity contribution in [2.24, 2.45) is 5.92 Å². The van der Waals surface area contributed by atoms with Crippen LogP contribution in [-0.4, -0.2) is 21.9 Å². The van der Waals surface area contributed by atoms with Gasteiger partial charge in [-0.15, -0.1) is 23.2 Å². The second-order valence-electron chi connectivity index (χ2n) is 8.70. The smallest absolute Gasteiger partial charge is 0.231 e. The maximum atomic E-state index is 14.5. The molecule has 0 spiro atoms. The Labute approximate surface area is 247 Å². The van der Waals surface area contributed by atoms with Crippen LogP contribution in [0.25, 0.3) is 0 Å². The van der Waals surface area contributed by atoms with Crippen LogP contribution in [0.2, 0.25) is 20.1 Å². The van der Waals surface area contributed by atoms with Crippen LogP contribution in [0.1, 0.15) is 34.3 Å². The molecule has 2 atom stereocenters. The zero-order valence-corrected chi connectivity index (χ0v) is 23.9. The predicted octanol–water partition coefficient (Wildman–Crippen LogP) is 8.35. The summed E-state index contributed by atoms with van der Waals surface area (Å²) in [6.07, 6.45) is -0.293. The molecule has 0 heterocycles. The van der Waals surface area contributed by atoms with E-state index in [2.05, 4.69) is 10.6 Å². The lowest BCUT2D eigenvalue weighted by Crippen LogP contribution is -2.17. The van der Waals surface area contributed by atoms with Crippen molar-refractivity contribution in [3.63, 3.8) is 0 Å². The van der Waals surface area contributed by atoms with Crippen LogP contribution in [-0.2, 0) is 16.0 Å². The Morgan fingerprint density at radius 2 is 1.47 bits per heavy atom. The van der Waals surface area contributed by atoms with Gasteiger partial charge in [-0.25, -0.2) is 4.39 Å². The summed E-state index contributed by atoms with van der Waals surface area (Å²) < 4.78 is 13.1. The molecule has 1 aliphatic carbocycles. The largest absolute Gasteiger partial charge is 0.326 e. The third kappa shape index (κ3) is 6.06. The number of carbonyl (C=O) groups is 3. The van der Waals surface area contributed by atoms with Gasteiger partial charge < -0.3 is 10.6 Å². The Kier molecular flexibility index (Phi) is 8.53. The number of nitrogens with one attached hydrogen (secondary N) is 2. The zero-order valence-electron chi connectivity index (χ0n) is 19.4. The molecule has 0 bridgehead atoms. The van der Waals surface area contributed by atoms with Gasteiger partial charge in [0.05, 0.1) is 26.0 Å². The van der Waals surface area contributed by atoms with Crippen LogP contribution in [0.5, 0.6) is 0 Å². The number of benzene rings is 3. The first-order valence-corrected chi connectivity index (χ1v) is 13.3. The van der Waals surface area contributed by atoms with E-state index in [1.54, 1.807) is 12.1 Å². The van der Waals surface area contributed by atoms with Gasteiger partial charge in [-0.05, 0) is 53.6 Å². The first-order chi connectivity index (χ1) is 17.8. The van der Waals surface area contributed by atoms with Gasteiger partial charge in [0.25, 0.3) is 0 Å². The molecular weight excluding hydrogens is 620 g/mol. The SMILES string of the molecule is CC(=O)Nc1ccc(CC(=O)c2cc(NC(=O)C3C(c4cc(Cl)c(Cl)c(Cl)c4)C3(Cl)Cl)ccc2Cl)c(F)c1. The maximum Gasteiger partial charge on any atom is 0.231 e. The fourth-order valence-electron chi connectivity index (χ4n) is 4.10. The summed E-state index contributed by atoms with van der Waals surface area (Å²) in [5, 5.41) is 5.87. The van der Waals surface area contributed by atoms with Crippen molar-refractivity contribution in [3.8, 4) is 0 Å². The molecule has 3 aromatic rings. The van der Waals surface area contributed by atoms with Gasteiger partial charge in [0.1, 0.15) is 10.2 Å². The summed E-state index contributed by atoms with van der Waals surface area (Å²) in [6, 6.07) is 11.5. The number of hydrogen-bond donors (Lipinski definition) is 2. The highest BCUT2D eigenvalue weighted by Gasteiger charge is 2.67. The van der Waals surface area contributed by atoms with E-state index < -0.39 is 33.7 Å². The summed E-state index contributed by atoms with van der Waals surface area (Å²) in [4.78, 5) is 37.2. The summed E-state index contributed by atoms with van der Waals surface area (Å²) in [5.74, 6) is -3.43. The van der Waals surface area contributed by atoms with E-state index in [0.717, 1.165) is 6.07 Å². The molecule has 0 aromatic heterocycles. The average molecular weight is 637 g/mol. The molecule has 1 saturated carbocycles. The summed E-state index contributed by atoms with van der Waals surface area (Å²) in [7, 11) is 0. The molecule has 5 nitrogen and oxygen atoms in total. The van der Waals surface area contributed by atoms with Crippen LogP contribution in [0.4, 0.5) is 15.8 Å². The topological polar surface area (TPSA) is 75.3 Å². The van der Waals surface area contributed by atoms with E-state index in [1.165, 1.54) is 37.3 Å². The van der Waals surface area contributed by atoms with E-state index in [4.69, 9.17) is 69.6 Å². The molecule has 198 valence electrons. The number of alkyl halides is 2. The first-order valence-electron chi connectivity index (χ1n) is 11.0. The lowest BCUT2D eigenvalue weighted by Gasteiger charge is -2.10. The lowest BCUT2D eigenvalue weighted by atomic mass is 10.0. The Morgan fingerprint density at radius 3 is 2.08 bits per heavy atom. The van der Waals surface area contributed by atoms with Gasteiger partial charge in [-0.2, -0.15) is 0 Å². The molecule has 1 fully saturated rings. The van der Waals surface area contributed by atoms with Crippen molar-refractivity contribution in [3.05, 3.63) is 91.1 Å². The molecular formula is C26H17Cl6FN2O3. The third-order valence-electron chi connectivity index (χ3n) is 5.96. The monoisotopic (exact) mass is 634 g/mol. The minimum atomic E-state index is -1.42. The van der Waals surface area contributed by atoms with Crippen molar-refractivity contribution in [1.29, 1.82) is 0 Å². The molecule has 2 unspecified atom stereocenters.